The van der Waals surface area contributed by atoms with Crippen molar-refractivity contribution < 1.29 is 12.9 Å². The monoisotopic (exact) mass is 355 g/mol. The maximum absolute atomic E-state index is 12.7. The highest BCUT2D eigenvalue weighted by Crippen LogP contribution is 2.42. The molecule has 3 aliphatic rings. The van der Waals surface area contributed by atoms with Crippen molar-refractivity contribution in [2.24, 2.45) is 11.8 Å². The minimum Gasteiger partial charge on any atom is -0.338 e. The van der Waals surface area contributed by atoms with Crippen LogP contribution in [-0.4, -0.2) is 55.1 Å². The number of aromatic nitrogens is 2. The van der Waals surface area contributed by atoms with Gasteiger partial charge in [0, 0.05) is 39.1 Å². The highest BCUT2D eigenvalue weighted by atomic mass is 32.2. The average molecular weight is 355 g/mol. The van der Waals surface area contributed by atoms with Gasteiger partial charge in [0.25, 0.3) is 16.2 Å². The summed E-state index contributed by atoms with van der Waals surface area (Å²) in [4.78, 5) is 6.33. The molecule has 2 saturated heterocycles. The maximum Gasteiger partial charge on any atom is 0.279 e. The van der Waals surface area contributed by atoms with Crippen molar-refractivity contribution in [3.05, 3.63) is 5.89 Å². The molecule has 4 rings (SSSR count). The average Bonchev–Trinajstić information content (AvgIpc) is 3.19. The number of hydrogen-bond donors (Lipinski definition) is 1. The van der Waals surface area contributed by atoms with Gasteiger partial charge in [0.15, 0.2) is 0 Å². The van der Waals surface area contributed by atoms with Crippen LogP contribution in [0.3, 0.4) is 0 Å². The molecule has 0 radical (unpaired) electrons. The molecule has 0 aromatic carbocycles. The molecular weight excluding hydrogens is 330 g/mol. The predicted octanol–water partition coefficient (Wildman–Crippen LogP) is 0.913. The van der Waals surface area contributed by atoms with Crippen molar-refractivity contribution in [1.82, 2.24) is 19.2 Å². The standard InChI is InChI=1S/C15H25N5O3S/c1-11-16-15(17-23-11)19-9-13(12-5-6-12)14(10-19)18-24(21,22)20-7-3-2-4-8-20/h12-14,18H,2-10H2,1H3/t13-,14+/m0/s1. The summed E-state index contributed by atoms with van der Waals surface area (Å²) < 4.78 is 35.1. The fourth-order valence-electron chi connectivity index (χ4n) is 3.91. The van der Waals surface area contributed by atoms with E-state index in [9.17, 15) is 8.42 Å². The normalized spacial score (nSPS) is 29.3. The summed E-state index contributed by atoms with van der Waals surface area (Å²) in [6.07, 6.45) is 5.39. The van der Waals surface area contributed by atoms with Crippen molar-refractivity contribution in [2.75, 3.05) is 31.1 Å². The van der Waals surface area contributed by atoms with Crippen molar-refractivity contribution in [2.45, 2.75) is 45.1 Å². The molecule has 1 N–H and O–H groups in total. The van der Waals surface area contributed by atoms with Gasteiger partial charge in [-0.05, 0) is 42.7 Å². The summed E-state index contributed by atoms with van der Waals surface area (Å²) in [6.45, 7) is 4.42. The molecule has 0 spiro atoms. The minimum absolute atomic E-state index is 0.0803. The van der Waals surface area contributed by atoms with E-state index in [-0.39, 0.29) is 6.04 Å². The predicted molar refractivity (Wildman–Crippen MR) is 88.7 cm³/mol. The van der Waals surface area contributed by atoms with Crippen LogP contribution < -0.4 is 9.62 Å². The summed E-state index contributed by atoms with van der Waals surface area (Å²) in [5, 5.41) is 3.98. The largest absolute Gasteiger partial charge is 0.338 e. The Morgan fingerprint density at radius 1 is 1.17 bits per heavy atom. The molecular formula is C15H25N5O3S. The first-order valence-electron chi connectivity index (χ1n) is 8.85. The molecule has 1 aromatic rings. The van der Waals surface area contributed by atoms with E-state index in [1.165, 1.54) is 12.8 Å². The smallest absolute Gasteiger partial charge is 0.279 e. The van der Waals surface area contributed by atoms with E-state index in [2.05, 4.69) is 14.9 Å². The Kier molecular flexibility index (Phi) is 4.26. The molecule has 1 aliphatic carbocycles. The summed E-state index contributed by atoms with van der Waals surface area (Å²) in [5.74, 6) is 2.03. The van der Waals surface area contributed by atoms with Gasteiger partial charge in [-0.2, -0.15) is 22.4 Å². The number of piperidine rings is 1. The summed E-state index contributed by atoms with van der Waals surface area (Å²) >= 11 is 0. The minimum atomic E-state index is -3.41. The van der Waals surface area contributed by atoms with Gasteiger partial charge in [0.1, 0.15) is 0 Å². The molecule has 3 fully saturated rings. The highest BCUT2D eigenvalue weighted by molar-refractivity contribution is 7.87. The van der Waals surface area contributed by atoms with E-state index in [0.29, 0.717) is 43.3 Å². The van der Waals surface area contributed by atoms with Crippen molar-refractivity contribution in [1.29, 1.82) is 0 Å². The van der Waals surface area contributed by atoms with Gasteiger partial charge in [-0.3, -0.25) is 0 Å². The van der Waals surface area contributed by atoms with E-state index in [1.54, 1.807) is 11.2 Å². The first-order valence-corrected chi connectivity index (χ1v) is 10.3. The van der Waals surface area contributed by atoms with Gasteiger partial charge >= 0.3 is 0 Å². The first-order chi connectivity index (χ1) is 11.5. The summed E-state index contributed by atoms with van der Waals surface area (Å²) in [7, 11) is -3.41. The van der Waals surface area contributed by atoms with Crippen molar-refractivity contribution >= 4 is 16.2 Å². The fourth-order valence-corrected chi connectivity index (χ4v) is 5.43. The fraction of sp³-hybridized carbons (Fsp3) is 0.867. The molecule has 3 heterocycles. The van der Waals surface area contributed by atoms with Crippen LogP contribution in [0.5, 0.6) is 0 Å². The Morgan fingerprint density at radius 2 is 1.92 bits per heavy atom. The highest BCUT2D eigenvalue weighted by Gasteiger charge is 2.45. The lowest BCUT2D eigenvalue weighted by molar-refractivity contribution is 0.332. The Labute approximate surface area is 142 Å². The van der Waals surface area contributed by atoms with Gasteiger partial charge < -0.3 is 9.42 Å². The molecule has 0 amide bonds. The SMILES string of the molecule is Cc1nc(N2C[C@@H](NS(=O)(=O)N3CCCCC3)[C@H](C3CC3)C2)no1. The van der Waals surface area contributed by atoms with Crippen molar-refractivity contribution in [3.63, 3.8) is 0 Å². The van der Waals surface area contributed by atoms with Gasteiger partial charge in [0.05, 0.1) is 0 Å². The third-order valence-corrected chi connectivity index (χ3v) is 6.99. The van der Waals surface area contributed by atoms with Crippen LogP contribution in [-0.2, 0) is 10.2 Å². The van der Waals surface area contributed by atoms with E-state index in [4.69, 9.17) is 4.52 Å². The number of rotatable bonds is 5. The van der Waals surface area contributed by atoms with Crippen molar-refractivity contribution in [3.8, 4) is 0 Å². The third-order valence-electron chi connectivity index (χ3n) is 5.35. The number of hydrogen-bond acceptors (Lipinski definition) is 6. The molecule has 1 saturated carbocycles. The second-order valence-corrected chi connectivity index (χ2v) is 8.91. The molecule has 2 aliphatic heterocycles. The van der Waals surface area contributed by atoms with Crippen LogP contribution in [0.15, 0.2) is 4.52 Å². The lowest BCUT2D eigenvalue weighted by Crippen LogP contribution is -2.50. The molecule has 1 aromatic heterocycles. The van der Waals surface area contributed by atoms with Gasteiger partial charge in [-0.1, -0.05) is 6.42 Å². The third kappa shape index (κ3) is 3.29. The molecule has 0 unspecified atom stereocenters. The topological polar surface area (TPSA) is 91.6 Å². The molecule has 24 heavy (non-hydrogen) atoms. The Balaban J connectivity index is 1.48. The number of nitrogens with one attached hydrogen (secondary N) is 1. The molecule has 0 bridgehead atoms. The van der Waals surface area contributed by atoms with Crippen LogP contribution in [0.2, 0.25) is 0 Å². The lowest BCUT2D eigenvalue weighted by atomic mass is 9.99. The lowest BCUT2D eigenvalue weighted by Gasteiger charge is -2.28. The van der Waals surface area contributed by atoms with Crippen LogP contribution in [0, 0.1) is 18.8 Å². The second-order valence-electron chi connectivity index (χ2n) is 7.21. The number of aryl methyl sites for hydroxylation is 1. The molecule has 134 valence electrons. The van der Waals surface area contributed by atoms with E-state index >= 15 is 0 Å². The number of nitrogens with zero attached hydrogens (tertiary/aromatic N) is 4. The van der Waals surface area contributed by atoms with Crippen LogP contribution >= 0.6 is 0 Å². The zero-order chi connectivity index (χ0) is 16.7. The summed E-state index contributed by atoms with van der Waals surface area (Å²) in [5.41, 5.74) is 0. The van der Waals surface area contributed by atoms with Gasteiger partial charge in [-0.15, -0.1) is 0 Å². The van der Waals surface area contributed by atoms with Crippen LogP contribution in [0.4, 0.5) is 5.95 Å². The maximum atomic E-state index is 12.7. The Hall–Kier alpha value is -1.19. The molecule has 9 heteroatoms. The van der Waals surface area contributed by atoms with E-state index in [1.807, 2.05) is 4.90 Å². The zero-order valence-corrected chi connectivity index (χ0v) is 14.8. The van der Waals surface area contributed by atoms with E-state index in [0.717, 1.165) is 25.8 Å². The summed E-state index contributed by atoms with van der Waals surface area (Å²) in [6, 6.07) is -0.0803. The number of anilines is 1. The Morgan fingerprint density at radius 3 is 2.54 bits per heavy atom. The zero-order valence-electron chi connectivity index (χ0n) is 14.0. The molecule has 2 atom stereocenters. The van der Waals surface area contributed by atoms with Gasteiger partial charge in [0.2, 0.25) is 5.89 Å². The quantitative estimate of drug-likeness (QED) is 0.844. The van der Waals surface area contributed by atoms with Crippen LogP contribution in [0.25, 0.3) is 0 Å². The van der Waals surface area contributed by atoms with E-state index < -0.39 is 10.2 Å². The second kappa shape index (κ2) is 6.27. The van der Waals surface area contributed by atoms with Gasteiger partial charge in [-0.25, -0.2) is 0 Å². The molecule has 8 nitrogen and oxygen atoms in total. The Bertz CT molecular complexity index is 681. The van der Waals surface area contributed by atoms with Crippen LogP contribution in [0.1, 0.15) is 38.0 Å². The first kappa shape index (κ1) is 16.3.